The summed E-state index contributed by atoms with van der Waals surface area (Å²) in [6, 6.07) is 12.6. The number of aliphatic hydroxyl groups is 1. The van der Waals surface area contributed by atoms with Gasteiger partial charge in [0.1, 0.15) is 12.2 Å². The number of carbonyl (C=O) groups is 2. The topological polar surface area (TPSA) is 153 Å². The fourth-order valence-electron chi connectivity index (χ4n) is 5.87. The molecule has 5 aromatic rings. The van der Waals surface area contributed by atoms with E-state index in [0.717, 1.165) is 0 Å². The van der Waals surface area contributed by atoms with Gasteiger partial charge < -0.3 is 29.5 Å². The van der Waals surface area contributed by atoms with Crippen LogP contribution < -0.4 is 14.8 Å². The Balaban J connectivity index is 1.32. The Labute approximate surface area is 304 Å². The van der Waals surface area contributed by atoms with Gasteiger partial charge in [-0.1, -0.05) is 41.4 Å². The van der Waals surface area contributed by atoms with Crippen molar-refractivity contribution in [3.8, 4) is 45.3 Å². The van der Waals surface area contributed by atoms with E-state index in [0.29, 0.717) is 79.4 Å². The number of carbonyl (C=O) groups excluding carboxylic acids is 2. The maximum Gasteiger partial charge on any atom is 0.410 e. The number of methoxy groups -OCH3 is 2. The molecule has 4 aromatic heterocycles. The second kappa shape index (κ2) is 14.7. The zero-order valence-electron chi connectivity index (χ0n) is 28.7. The van der Waals surface area contributed by atoms with Gasteiger partial charge in [0.25, 0.3) is 0 Å². The van der Waals surface area contributed by atoms with Gasteiger partial charge in [-0.15, -0.1) is 5.10 Å². The van der Waals surface area contributed by atoms with Gasteiger partial charge in [-0.3, -0.25) is 9.78 Å². The van der Waals surface area contributed by atoms with E-state index in [-0.39, 0.29) is 37.5 Å². The van der Waals surface area contributed by atoms with Crippen molar-refractivity contribution in [2.24, 2.45) is 0 Å². The average molecular weight is 735 g/mol. The van der Waals surface area contributed by atoms with Crippen LogP contribution in [-0.2, 0) is 22.7 Å². The summed E-state index contributed by atoms with van der Waals surface area (Å²) >= 11 is 14.1. The Hall–Kier alpha value is -4.98. The number of ether oxygens (including phenoxy) is 3. The number of aliphatic hydroxyl groups excluding tert-OH is 1. The quantitative estimate of drug-likeness (QED) is 0.166. The molecule has 266 valence electrons. The van der Waals surface area contributed by atoms with Gasteiger partial charge in [0.05, 0.1) is 42.2 Å². The molecule has 15 heteroatoms. The van der Waals surface area contributed by atoms with Gasteiger partial charge in [0, 0.05) is 59.2 Å². The summed E-state index contributed by atoms with van der Waals surface area (Å²) in [6.45, 7) is 5.51. The first-order chi connectivity index (χ1) is 24.4. The molecule has 0 aliphatic carbocycles. The number of hydrogen-bond acceptors (Lipinski definition) is 10. The predicted octanol–water partition coefficient (Wildman–Crippen LogP) is 6.35. The highest BCUT2D eigenvalue weighted by atomic mass is 35.5. The molecule has 0 bridgehead atoms. The molecular formula is C36H37Cl2N7O6. The first kappa shape index (κ1) is 35.8. The Morgan fingerprint density at radius 1 is 1.06 bits per heavy atom. The van der Waals surface area contributed by atoms with Crippen LogP contribution in [0.3, 0.4) is 0 Å². The van der Waals surface area contributed by atoms with Crippen LogP contribution in [0.15, 0.2) is 54.9 Å². The van der Waals surface area contributed by atoms with Gasteiger partial charge in [-0.2, -0.15) is 0 Å². The lowest BCUT2D eigenvalue weighted by atomic mass is 10.00. The number of hydrogen-bond donors (Lipinski definition) is 2. The van der Waals surface area contributed by atoms with Crippen LogP contribution in [0.1, 0.15) is 45.0 Å². The molecule has 1 aliphatic rings. The van der Waals surface area contributed by atoms with Crippen LogP contribution in [-0.4, -0.2) is 79.0 Å². The monoisotopic (exact) mass is 733 g/mol. The molecule has 51 heavy (non-hydrogen) atoms. The van der Waals surface area contributed by atoms with Crippen molar-refractivity contribution < 1.29 is 28.9 Å². The molecular weight excluding hydrogens is 697 g/mol. The summed E-state index contributed by atoms with van der Waals surface area (Å²) in [4.78, 5) is 40.3. The first-order valence-corrected chi connectivity index (χ1v) is 16.9. The third-order valence-corrected chi connectivity index (χ3v) is 8.99. The smallest absolute Gasteiger partial charge is 0.410 e. The normalized spacial score (nSPS) is 14.4. The largest absolute Gasteiger partial charge is 0.493 e. The van der Waals surface area contributed by atoms with E-state index >= 15 is 0 Å². The van der Waals surface area contributed by atoms with Crippen LogP contribution >= 0.6 is 23.2 Å². The summed E-state index contributed by atoms with van der Waals surface area (Å²) in [5.74, 6) is 0.955. The number of amides is 2. The third kappa shape index (κ3) is 7.70. The SMILES string of the molecule is COc1nc(-c2cccc(-c3ccnc(-c4cc(OC)c5nc(CO)nn5c4)c3Cl)c2Cl)ccc1CN(C[C@@H]1CCC(=O)N1)C(=O)OC(C)(C)C. The van der Waals surface area contributed by atoms with Crippen molar-refractivity contribution in [1.82, 2.24) is 34.8 Å². The van der Waals surface area contributed by atoms with E-state index in [1.165, 1.54) is 18.7 Å². The molecule has 2 amide bonds. The van der Waals surface area contributed by atoms with Crippen molar-refractivity contribution in [2.75, 3.05) is 20.8 Å². The number of nitrogens with one attached hydrogen (secondary N) is 1. The third-order valence-electron chi connectivity index (χ3n) is 8.20. The van der Waals surface area contributed by atoms with E-state index in [4.69, 9.17) is 42.4 Å². The lowest BCUT2D eigenvalue weighted by Gasteiger charge is -2.29. The van der Waals surface area contributed by atoms with Crippen molar-refractivity contribution >= 4 is 40.8 Å². The zero-order valence-corrected chi connectivity index (χ0v) is 30.2. The predicted molar refractivity (Wildman–Crippen MR) is 192 cm³/mol. The Morgan fingerprint density at radius 2 is 1.82 bits per heavy atom. The van der Waals surface area contributed by atoms with Crippen molar-refractivity contribution in [3.63, 3.8) is 0 Å². The lowest BCUT2D eigenvalue weighted by Crippen LogP contribution is -2.43. The molecule has 0 spiro atoms. The van der Waals surface area contributed by atoms with Gasteiger partial charge >= 0.3 is 6.09 Å². The average Bonchev–Trinajstić information content (AvgIpc) is 3.72. The van der Waals surface area contributed by atoms with Gasteiger partial charge in [0.2, 0.25) is 11.8 Å². The number of aromatic nitrogens is 5. The number of rotatable bonds is 10. The highest BCUT2D eigenvalue weighted by molar-refractivity contribution is 6.39. The van der Waals surface area contributed by atoms with Crippen molar-refractivity contribution in [2.45, 2.75) is 58.4 Å². The fourth-order valence-corrected chi connectivity index (χ4v) is 6.52. The summed E-state index contributed by atoms with van der Waals surface area (Å²) < 4.78 is 18.4. The fraction of sp³-hybridized carbons (Fsp3) is 0.333. The molecule has 2 N–H and O–H groups in total. The van der Waals surface area contributed by atoms with E-state index in [9.17, 15) is 14.7 Å². The minimum absolute atomic E-state index is 0.0398. The van der Waals surface area contributed by atoms with Crippen LogP contribution in [0.2, 0.25) is 10.0 Å². The summed E-state index contributed by atoms with van der Waals surface area (Å²) in [7, 11) is 3.03. The van der Waals surface area contributed by atoms with E-state index in [1.54, 1.807) is 50.2 Å². The van der Waals surface area contributed by atoms with Crippen LogP contribution in [0.25, 0.3) is 39.3 Å². The molecule has 1 atom stereocenters. The molecule has 1 fully saturated rings. The molecule has 5 heterocycles. The van der Waals surface area contributed by atoms with Crippen LogP contribution in [0, 0.1) is 0 Å². The maximum atomic E-state index is 13.3. The zero-order chi connectivity index (χ0) is 36.4. The van der Waals surface area contributed by atoms with Crippen LogP contribution in [0.4, 0.5) is 4.79 Å². The second-order valence-corrected chi connectivity index (χ2v) is 13.7. The summed E-state index contributed by atoms with van der Waals surface area (Å²) in [5, 5.41) is 17.5. The highest BCUT2D eigenvalue weighted by Gasteiger charge is 2.29. The standard InChI is InChI=1S/C36H37Cl2N7O6/c1-36(2,3)51-35(48)44(18-22-10-12-29(47)40-22)16-20-9-11-26(41-34(20)50-5)25-8-6-7-23(30(25)37)24-13-14-39-32(31(24)38)21-15-27(49-4)33-42-28(19-46)43-45(33)17-21/h6-9,11,13-15,17,22,46H,10,12,16,18-19H2,1-5H3,(H,40,47)/t22-/m0/s1. The number of halogens is 2. The van der Waals surface area contributed by atoms with Gasteiger partial charge in [-0.25, -0.2) is 19.3 Å². The Bertz CT molecular complexity index is 2120. The maximum absolute atomic E-state index is 13.3. The second-order valence-electron chi connectivity index (χ2n) is 13.0. The lowest BCUT2D eigenvalue weighted by molar-refractivity contribution is -0.119. The molecule has 1 aliphatic heterocycles. The first-order valence-electron chi connectivity index (χ1n) is 16.2. The molecule has 0 saturated carbocycles. The number of pyridine rings is 3. The molecule has 0 radical (unpaired) electrons. The molecule has 0 unspecified atom stereocenters. The van der Waals surface area contributed by atoms with E-state index < -0.39 is 11.7 Å². The molecule has 13 nitrogen and oxygen atoms in total. The van der Waals surface area contributed by atoms with Crippen molar-refractivity contribution in [1.29, 1.82) is 0 Å². The van der Waals surface area contributed by atoms with E-state index in [2.05, 4.69) is 20.4 Å². The summed E-state index contributed by atoms with van der Waals surface area (Å²) in [5.41, 5.74) is 3.94. The number of fused-ring (bicyclic) bond motifs is 1. The Kier molecular flexibility index (Phi) is 10.3. The van der Waals surface area contributed by atoms with Gasteiger partial charge in [-0.05, 0) is 51.5 Å². The highest BCUT2D eigenvalue weighted by Crippen LogP contribution is 2.42. The molecule has 1 saturated heterocycles. The molecule has 6 rings (SSSR count). The van der Waals surface area contributed by atoms with Crippen LogP contribution in [0.5, 0.6) is 11.6 Å². The van der Waals surface area contributed by atoms with Crippen molar-refractivity contribution in [3.05, 3.63) is 76.3 Å². The summed E-state index contributed by atoms with van der Waals surface area (Å²) in [6.07, 6.45) is 3.89. The minimum atomic E-state index is -0.706. The molecule has 1 aromatic carbocycles. The number of benzene rings is 1. The van der Waals surface area contributed by atoms with Gasteiger partial charge in [0.15, 0.2) is 17.2 Å². The van der Waals surface area contributed by atoms with E-state index in [1.807, 2.05) is 30.3 Å². The number of nitrogens with zero attached hydrogens (tertiary/aromatic N) is 6. The Morgan fingerprint density at radius 3 is 2.51 bits per heavy atom. The minimum Gasteiger partial charge on any atom is -0.493 e.